The van der Waals surface area contributed by atoms with Crippen molar-refractivity contribution in [2.45, 2.75) is 25.3 Å². The summed E-state index contributed by atoms with van der Waals surface area (Å²) in [6.07, 6.45) is 4.03. The Morgan fingerprint density at radius 3 is 2.88 bits per heavy atom. The van der Waals surface area contributed by atoms with Crippen LogP contribution in [0, 0.1) is 17.7 Å². The van der Waals surface area contributed by atoms with Crippen LogP contribution in [0.15, 0.2) is 24.4 Å². The molecule has 1 aromatic heterocycles. The van der Waals surface area contributed by atoms with Crippen LogP contribution in [0.3, 0.4) is 0 Å². The molecule has 1 amide bonds. The van der Waals surface area contributed by atoms with E-state index in [0.717, 1.165) is 23.9 Å². The lowest BCUT2D eigenvalue weighted by Crippen LogP contribution is -2.43. The first kappa shape index (κ1) is 17.0. The Morgan fingerprint density at radius 1 is 1.31 bits per heavy atom. The number of hydrogen-bond donors (Lipinski definition) is 1. The number of carboxylic acid groups (broad SMARTS) is 1. The number of nitrogens with zero attached hydrogens (tertiary/aromatic N) is 4. The number of aromatic nitrogens is 3. The van der Waals surface area contributed by atoms with E-state index in [1.165, 1.54) is 23.2 Å². The van der Waals surface area contributed by atoms with Gasteiger partial charge in [-0.05, 0) is 36.8 Å². The molecule has 3 unspecified atom stereocenters. The highest BCUT2D eigenvalue weighted by atomic mass is 35.5. The molecule has 7 nitrogen and oxygen atoms in total. The Balaban J connectivity index is 1.62. The first-order chi connectivity index (χ1) is 12.5. The van der Waals surface area contributed by atoms with Crippen molar-refractivity contribution in [3.8, 4) is 5.69 Å². The fraction of sp³-hybridized carbons (Fsp3) is 0.412. The van der Waals surface area contributed by atoms with E-state index in [4.69, 9.17) is 11.6 Å². The fourth-order valence-electron chi connectivity index (χ4n) is 4.13. The summed E-state index contributed by atoms with van der Waals surface area (Å²) < 4.78 is 15.3. The molecule has 9 heteroatoms. The van der Waals surface area contributed by atoms with Crippen molar-refractivity contribution >= 4 is 23.5 Å². The van der Waals surface area contributed by atoms with Crippen LogP contribution >= 0.6 is 11.6 Å². The third-order valence-corrected chi connectivity index (χ3v) is 5.59. The van der Waals surface area contributed by atoms with Crippen molar-refractivity contribution in [1.82, 2.24) is 19.9 Å². The minimum Gasteiger partial charge on any atom is -0.480 e. The van der Waals surface area contributed by atoms with Crippen LogP contribution in [0.4, 0.5) is 4.39 Å². The molecule has 1 aromatic carbocycles. The number of fused-ring (bicyclic) bond motifs is 1. The number of likely N-dealkylation sites (tertiary alicyclic amines) is 1. The Kier molecular flexibility index (Phi) is 4.14. The van der Waals surface area contributed by atoms with Gasteiger partial charge >= 0.3 is 5.97 Å². The van der Waals surface area contributed by atoms with Crippen LogP contribution in [0.25, 0.3) is 5.69 Å². The second kappa shape index (κ2) is 6.35. The van der Waals surface area contributed by atoms with Gasteiger partial charge in [0.25, 0.3) is 5.91 Å². The number of halogens is 2. The summed E-state index contributed by atoms with van der Waals surface area (Å²) in [5, 5.41) is 17.1. The van der Waals surface area contributed by atoms with Gasteiger partial charge in [-0.1, -0.05) is 29.3 Å². The molecule has 2 heterocycles. The molecule has 0 bridgehead atoms. The third-order valence-electron chi connectivity index (χ3n) is 5.29. The van der Waals surface area contributed by atoms with Gasteiger partial charge in [0.05, 0.1) is 11.2 Å². The van der Waals surface area contributed by atoms with Gasteiger partial charge in [-0.3, -0.25) is 4.79 Å². The van der Waals surface area contributed by atoms with Gasteiger partial charge in [0.15, 0.2) is 11.5 Å². The van der Waals surface area contributed by atoms with Crippen molar-refractivity contribution in [3.63, 3.8) is 0 Å². The largest absolute Gasteiger partial charge is 0.480 e. The normalized spacial score (nSPS) is 24.7. The van der Waals surface area contributed by atoms with Gasteiger partial charge in [-0.15, -0.1) is 5.10 Å². The maximum absolute atomic E-state index is 14.1. The molecule has 26 heavy (non-hydrogen) atoms. The van der Waals surface area contributed by atoms with E-state index in [9.17, 15) is 19.1 Å². The highest BCUT2D eigenvalue weighted by molar-refractivity contribution is 6.30. The van der Waals surface area contributed by atoms with Crippen LogP contribution in [0.2, 0.25) is 5.02 Å². The Labute approximate surface area is 153 Å². The zero-order valence-electron chi connectivity index (χ0n) is 13.7. The summed E-state index contributed by atoms with van der Waals surface area (Å²) in [4.78, 5) is 25.9. The Hall–Kier alpha value is -2.48. The zero-order chi connectivity index (χ0) is 18.4. The molecule has 3 atom stereocenters. The molecule has 2 aromatic rings. The van der Waals surface area contributed by atoms with E-state index in [1.54, 1.807) is 6.07 Å². The maximum atomic E-state index is 14.1. The third kappa shape index (κ3) is 2.65. The first-order valence-electron chi connectivity index (χ1n) is 8.38. The molecule has 4 rings (SSSR count). The average Bonchev–Trinajstić information content (AvgIpc) is 3.31. The Bertz CT molecular complexity index is 887. The van der Waals surface area contributed by atoms with Crippen molar-refractivity contribution in [2.75, 3.05) is 6.54 Å². The second-order valence-corrected chi connectivity index (χ2v) is 7.12. The summed E-state index contributed by atoms with van der Waals surface area (Å²) in [5.41, 5.74) is 0.0488. The van der Waals surface area contributed by atoms with Gasteiger partial charge in [-0.2, -0.15) is 0 Å². The van der Waals surface area contributed by atoms with E-state index >= 15 is 0 Å². The molecular weight excluding hydrogens is 363 g/mol. The molecule has 0 spiro atoms. The summed E-state index contributed by atoms with van der Waals surface area (Å²) in [6, 6.07) is 3.59. The van der Waals surface area contributed by atoms with Crippen LogP contribution in [-0.4, -0.2) is 49.5 Å². The number of amides is 1. The van der Waals surface area contributed by atoms with E-state index in [-0.39, 0.29) is 28.2 Å². The van der Waals surface area contributed by atoms with Gasteiger partial charge in [-0.25, -0.2) is 13.9 Å². The predicted octanol–water partition coefficient (Wildman–Crippen LogP) is 2.39. The summed E-state index contributed by atoms with van der Waals surface area (Å²) in [5.74, 6) is -1.98. The molecule has 1 aliphatic heterocycles. The molecule has 1 saturated carbocycles. The lowest BCUT2D eigenvalue weighted by atomic mass is 9.94. The maximum Gasteiger partial charge on any atom is 0.326 e. The van der Waals surface area contributed by atoms with Crippen LogP contribution in [-0.2, 0) is 4.79 Å². The second-order valence-electron chi connectivity index (χ2n) is 6.72. The summed E-state index contributed by atoms with van der Waals surface area (Å²) >= 11 is 5.77. The fourth-order valence-corrected chi connectivity index (χ4v) is 4.30. The summed E-state index contributed by atoms with van der Waals surface area (Å²) in [7, 11) is 0. The number of rotatable bonds is 3. The first-order valence-corrected chi connectivity index (χ1v) is 8.75. The van der Waals surface area contributed by atoms with Gasteiger partial charge in [0, 0.05) is 6.54 Å². The SMILES string of the molecule is O=C(O)C1C2CCCC2CN1C(=O)c1cn(-c2cccc(Cl)c2F)nn1. The van der Waals surface area contributed by atoms with Crippen molar-refractivity contribution in [3.05, 3.63) is 40.9 Å². The lowest BCUT2D eigenvalue weighted by Gasteiger charge is -2.23. The lowest BCUT2D eigenvalue weighted by molar-refractivity contribution is -0.142. The van der Waals surface area contributed by atoms with E-state index < -0.39 is 23.7 Å². The van der Waals surface area contributed by atoms with Crippen LogP contribution in [0.5, 0.6) is 0 Å². The van der Waals surface area contributed by atoms with E-state index in [1.807, 2.05) is 0 Å². The smallest absolute Gasteiger partial charge is 0.326 e. The minimum atomic E-state index is -0.999. The zero-order valence-corrected chi connectivity index (χ0v) is 14.4. The van der Waals surface area contributed by atoms with Crippen LogP contribution < -0.4 is 0 Å². The highest BCUT2D eigenvalue weighted by Crippen LogP contribution is 2.42. The molecule has 1 aliphatic carbocycles. The summed E-state index contributed by atoms with van der Waals surface area (Å²) in [6.45, 7) is 0.402. The topological polar surface area (TPSA) is 88.3 Å². The molecule has 136 valence electrons. The number of benzene rings is 1. The molecule has 1 saturated heterocycles. The number of carbonyl (C=O) groups excluding carboxylic acids is 1. The van der Waals surface area contributed by atoms with Crippen LogP contribution in [0.1, 0.15) is 29.8 Å². The van der Waals surface area contributed by atoms with Crippen molar-refractivity contribution < 1.29 is 19.1 Å². The molecule has 2 aliphatic rings. The van der Waals surface area contributed by atoms with Gasteiger partial charge < -0.3 is 10.0 Å². The highest BCUT2D eigenvalue weighted by Gasteiger charge is 2.50. The Morgan fingerprint density at radius 2 is 2.12 bits per heavy atom. The standard InChI is InChI=1S/C17H16ClFN4O3/c18-11-5-2-6-13(14(11)19)23-8-12(20-21-23)16(24)22-7-9-3-1-4-10(9)15(22)17(25)26/h2,5-6,8-10,15H,1,3-4,7H2,(H,25,26). The number of carbonyl (C=O) groups is 2. The minimum absolute atomic E-state index is 0.0168. The van der Waals surface area contributed by atoms with E-state index in [0.29, 0.717) is 6.54 Å². The van der Waals surface area contributed by atoms with Gasteiger partial charge in [0.2, 0.25) is 0 Å². The van der Waals surface area contributed by atoms with Gasteiger partial charge in [0.1, 0.15) is 11.7 Å². The molecule has 0 radical (unpaired) electrons. The monoisotopic (exact) mass is 378 g/mol. The average molecular weight is 379 g/mol. The molecular formula is C17H16ClFN4O3. The number of aliphatic carboxylic acids is 1. The van der Waals surface area contributed by atoms with E-state index in [2.05, 4.69) is 10.3 Å². The number of hydrogen-bond acceptors (Lipinski definition) is 4. The molecule has 1 N–H and O–H groups in total. The number of carboxylic acids is 1. The van der Waals surface area contributed by atoms with Crippen molar-refractivity contribution in [1.29, 1.82) is 0 Å². The predicted molar refractivity (Wildman–Crippen MR) is 89.6 cm³/mol. The van der Waals surface area contributed by atoms with Crippen molar-refractivity contribution in [2.24, 2.45) is 11.8 Å². The quantitative estimate of drug-likeness (QED) is 0.885. The molecule has 2 fully saturated rings.